The zero-order valence-electron chi connectivity index (χ0n) is 23.3. The molecule has 41 heavy (non-hydrogen) atoms. The monoisotopic (exact) mass is 686 g/mol. The van der Waals surface area contributed by atoms with Crippen LogP contribution >= 0.6 is 31.9 Å². The molecule has 3 atom stereocenters. The number of halogens is 2. The fraction of sp³-hybridized carbons (Fsp3) is 0.387. The fourth-order valence-corrected chi connectivity index (χ4v) is 6.24. The van der Waals surface area contributed by atoms with E-state index in [0.29, 0.717) is 37.7 Å². The summed E-state index contributed by atoms with van der Waals surface area (Å²) in [7, 11) is 1.64. The molecule has 0 radical (unpaired) electrons. The normalized spacial score (nSPS) is 21.2. The highest BCUT2D eigenvalue weighted by Gasteiger charge is 2.48. The molecule has 2 fully saturated rings. The standard InChI is InChI=1S/C31H36Br2N4O4/c1-3-41-27-20-25(40-2)12-13-26(27)30-34-28(21-4-8-23(32)9-5-21)29(22-6-10-24(33)11-7-22)37(30)31(39)36-16-14-35(15-17-36)18-19-38/h4-13,20,28-30,34,38H,3,14-19H2,1-2H3/t28-,29+,30?/m0/s1. The quantitative estimate of drug-likeness (QED) is 0.315. The number of aliphatic hydroxyl groups excluding tert-OH is 1. The van der Waals surface area contributed by atoms with Gasteiger partial charge in [0.1, 0.15) is 17.7 Å². The van der Waals surface area contributed by atoms with E-state index in [9.17, 15) is 9.90 Å². The largest absolute Gasteiger partial charge is 0.497 e. The number of hydrogen-bond acceptors (Lipinski definition) is 6. The van der Waals surface area contributed by atoms with Crippen LogP contribution in [0.3, 0.4) is 0 Å². The van der Waals surface area contributed by atoms with Crippen molar-refractivity contribution in [2.45, 2.75) is 25.2 Å². The van der Waals surface area contributed by atoms with E-state index >= 15 is 0 Å². The van der Waals surface area contributed by atoms with Crippen LogP contribution < -0.4 is 14.8 Å². The minimum atomic E-state index is -0.451. The molecule has 3 aromatic rings. The van der Waals surface area contributed by atoms with E-state index in [1.165, 1.54) is 0 Å². The Bertz CT molecular complexity index is 1320. The number of carbonyl (C=O) groups is 1. The summed E-state index contributed by atoms with van der Waals surface area (Å²) in [6, 6.07) is 21.8. The number of ether oxygens (including phenoxy) is 2. The lowest BCUT2D eigenvalue weighted by Crippen LogP contribution is -2.53. The number of carbonyl (C=O) groups excluding carboxylic acids is 1. The van der Waals surface area contributed by atoms with E-state index in [1.807, 2.05) is 59.2 Å². The van der Waals surface area contributed by atoms with Gasteiger partial charge >= 0.3 is 6.03 Å². The van der Waals surface area contributed by atoms with Gasteiger partial charge in [0.15, 0.2) is 0 Å². The topological polar surface area (TPSA) is 77.5 Å². The van der Waals surface area contributed by atoms with Gasteiger partial charge < -0.3 is 19.5 Å². The fourth-order valence-electron chi connectivity index (χ4n) is 5.71. The van der Waals surface area contributed by atoms with Crippen LogP contribution in [0, 0.1) is 0 Å². The van der Waals surface area contributed by atoms with Crippen LogP contribution in [-0.4, -0.2) is 78.9 Å². The molecule has 2 heterocycles. The number of nitrogens with zero attached hydrogens (tertiary/aromatic N) is 3. The first-order valence-electron chi connectivity index (χ1n) is 13.9. The Hall–Kier alpha value is -2.63. The molecule has 0 saturated carbocycles. The van der Waals surface area contributed by atoms with Gasteiger partial charge in [-0.15, -0.1) is 0 Å². The molecule has 0 aliphatic carbocycles. The third-order valence-corrected chi connectivity index (χ3v) is 8.82. The van der Waals surface area contributed by atoms with E-state index in [1.54, 1.807) is 7.11 Å². The number of β-amino-alcohol motifs (C(OH)–C–C–N with tert-alkyl or cyclic N) is 1. The Morgan fingerprint density at radius 3 is 2.17 bits per heavy atom. The van der Waals surface area contributed by atoms with Gasteiger partial charge in [-0.2, -0.15) is 0 Å². The number of methoxy groups -OCH3 is 1. The summed E-state index contributed by atoms with van der Waals surface area (Å²) in [5, 5.41) is 13.2. The molecular formula is C31H36Br2N4O4. The van der Waals surface area contributed by atoms with Crippen LogP contribution in [0.4, 0.5) is 4.79 Å². The predicted octanol–water partition coefficient (Wildman–Crippen LogP) is 5.74. The molecule has 2 N–H and O–H groups in total. The summed E-state index contributed by atoms with van der Waals surface area (Å²) >= 11 is 7.14. The summed E-state index contributed by atoms with van der Waals surface area (Å²) in [6.45, 7) is 5.82. The van der Waals surface area contributed by atoms with Crippen LogP contribution in [0.5, 0.6) is 11.5 Å². The van der Waals surface area contributed by atoms with Crippen molar-refractivity contribution < 1.29 is 19.4 Å². The van der Waals surface area contributed by atoms with Crippen molar-refractivity contribution >= 4 is 37.9 Å². The summed E-state index contributed by atoms with van der Waals surface area (Å²) in [4.78, 5) is 20.7. The van der Waals surface area contributed by atoms with Crippen molar-refractivity contribution in [2.24, 2.45) is 0 Å². The Morgan fingerprint density at radius 1 is 0.951 bits per heavy atom. The second-order valence-electron chi connectivity index (χ2n) is 10.2. The Labute approximate surface area is 258 Å². The van der Waals surface area contributed by atoms with E-state index in [4.69, 9.17) is 9.47 Å². The van der Waals surface area contributed by atoms with Crippen LogP contribution in [0.1, 0.15) is 41.9 Å². The number of nitrogens with one attached hydrogen (secondary N) is 1. The average molecular weight is 688 g/mol. The Balaban J connectivity index is 1.61. The molecule has 2 amide bonds. The molecule has 2 aliphatic rings. The molecule has 2 aliphatic heterocycles. The van der Waals surface area contributed by atoms with Crippen LogP contribution in [-0.2, 0) is 0 Å². The highest BCUT2D eigenvalue weighted by Crippen LogP contribution is 2.48. The third-order valence-electron chi connectivity index (χ3n) is 7.77. The molecule has 10 heteroatoms. The summed E-state index contributed by atoms with van der Waals surface area (Å²) < 4.78 is 13.6. The predicted molar refractivity (Wildman–Crippen MR) is 166 cm³/mol. The minimum absolute atomic E-state index is 0.0306. The Morgan fingerprint density at radius 2 is 1.59 bits per heavy atom. The summed E-state index contributed by atoms with van der Waals surface area (Å²) in [5.41, 5.74) is 3.00. The van der Waals surface area contributed by atoms with Crippen molar-refractivity contribution in [3.63, 3.8) is 0 Å². The molecule has 218 valence electrons. The molecule has 8 nitrogen and oxygen atoms in total. The summed E-state index contributed by atoms with van der Waals surface area (Å²) in [5.74, 6) is 1.38. The van der Waals surface area contributed by atoms with Gasteiger partial charge in [-0.25, -0.2) is 4.79 Å². The molecule has 0 spiro atoms. The van der Waals surface area contributed by atoms with E-state index in [-0.39, 0.29) is 24.7 Å². The number of piperazine rings is 1. The van der Waals surface area contributed by atoms with Crippen LogP contribution in [0.2, 0.25) is 0 Å². The maximum absolute atomic E-state index is 14.6. The van der Waals surface area contributed by atoms with Gasteiger partial charge in [-0.05, 0) is 54.4 Å². The summed E-state index contributed by atoms with van der Waals surface area (Å²) in [6.07, 6.45) is -0.451. The average Bonchev–Trinajstić information content (AvgIpc) is 3.38. The minimum Gasteiger partial charge on any atom is -0.497 e. The second-order valence-corrected chi connectivity index (χ2v) is 12.0. The van der Waals surface area contributed by atoms with Crippen molar-refractivity contribution in [2.75, 3.05) is 53.0 Å². The maximum Gasteiger partial charge on any atom is 0.322 e. The SMILES string of the molecule is CCOc1cc(OC)ccc1C1N[C@@H](c2ccc(Br)cc2)[C@@H](c2ccc(Br)cc2)N1C(=O)N1CCN(CCO)CC1. The molecule has 0 bridgehead atoms. The van der Waals surface area contributed by atoms with Gasteiger partial charge in [0.25, 0.3) is 0 Å². The van der Waals surface area contributed by atoms with Crippen molar-refractivity contribution in [3.8, 4) is 11.5 Å². The maximum atomic E-state index is 14.6. The van der Waals surface area contributed by atoms with Gasteiger partial charge in [0.05, 0.1) is 32.4 Å². The van der Waals surface area contributed by atoms with Crippen molar-refractivity contribution in [3.05, 3.63) is 92.4 Å². The molecule has 2 saturated heterocycles. The van der Waals surface area contributed by atoms with E-state index in [0.717, 1.165) is 38.7 Å². The molecular weight excluding hydrogens is 652 g/mol. The highest BCUT2D eigenvalue weighted by molar-refractivity contribution is 9.10. The van der Waals surface area contributed by atoms with Crippen LogP contribution in [0.15, 0.2) is 75.7 Å². The number of amides is 2. The lowest BCUT2D eigenvalue weighted by molar-refractivity contribution is 0.0889. The van der Waals surface area contributed by atoms with Gasteiger partial charge in [0.2, 0.25) is 0 Å². The second kappa shape index (κ2) is 13.6. The lowest BCUT2D eigenvalue weighted by atomic mass is 9.94. The first-order valence-corrected chi connectivity index (χ1v) is 15.5. The zero-order valence-corrected chi connectivity index (χ0v) is 26.5. The lowest BCUT2D eigenvalue weighted by Gasteiger charge is -2.40. The first kappa shape index (κ1) is 29.8. The number of benzene rings is 3. The van der Waals surface area contributed by atoms with E-state index in [2.05, 4.69) is 66.3 Å². The van der Waals surface area contributed by atoms with Crippen molar-refractivity contribution in [1.29, 1.82) is 0 Å². The molecule has 0 aromatic heterocycles. The first-order chi connectivity index (χ1) is 19.9. The Kier molecular flexibility index (Phi) is 9.87. The van der Waals surface area contributed by atoms with E-state index < -0.39 is 6.17 Å². The van der Waals surface area contributed by atoms with Gasteiger partial charge in [0, 0.05) is 53.3 Å². The molecule has 5 rings (SSSR count). The number of hydrogen-bond donors (Lipinski definition) is 2. The highest BCUT2D eigenvalue weighted by atomic mass is 79.9. The van der Waals surface area contributed by atoms with Crippen LogP contribution in [0.25, 0.3) is 0 Å². The number of rotatable bonds is 8. The third kappa shape index (κ3) is 6.57. The molecule has 3 aromatic carbocycles. The molecule has 1 unspecified atom stereocenters. The number of aliphatic hydroxyl groups is 1. The zero-order chi connectivity index (χ0) is 28.9. The van der Waals surface area contributed by atoms with Gasteiger partial charge in [-0.3, -0.25) is 15.1 Å². The van der Waals surface area contributed by atoms with Crippen molar-refractivity contribution in [1.82, 2.24) is 20.0 Å². The van der Waals surface area contributed by atoms with Gasteiger partial charge in [-0.1, -0.05) is 56.1 Å². The smallest absolute Gasteiger partial charge is 0.322 e. The number of urea groups is 1.